The van der Waals surface area contributed by atoms with Crippen LogP contribution in [0.5, 0.6) is 11.5 Å². The number of rotatable bonds is 10. The summed E-state index contributed by atoms with van der Waals surface area (Å²) in [5, 5.41) is 10.4. The molecule has 6 heteroatoms. The number of piperazine rings is 1. The Morgan fingerprint density at radius 2 is 1.68 bits per heavy atom. The number of nitrogens with zero attached hydrogens (tertiary/aromatic N) is 2. The van der Waals surface area contributed by atoms with E-state index in [-0.39, 0.29) is 42.0 Å². The third-order valence-corrected chi connectivity index (χ3v) is 5.38. The second-order valence-electron chi connectivity index (χ2n) is 7.74. The monoisotopic (exact) mass is 432 g/mol. The van der Waals surface area contributed by atoms with Crippen LogP contribution in [0.3, 0.4) is 0 Å². The van der Waals surface area contributed by atoms with Crippen LogP contribution in [-0.2, 0) is 11.2 Å². The van der Waals surface area contributed by atoms with Gasteiger partial charge in [-0.15, -0.1) is 0 Å². The van der Waals surface area contributed by atoms with Gasteiger partial charge in [-0.25, -0.2) is 0 Å². The highest BCUT2D eigenvalue weighted by atomic mass is 16.5. The largest absolute Gasteiger partial charge is 0.493 e. The molecule has 1 atom stereocenters. The van der Waals surface area contributed by atoms with E-state index in [9.17, 15) is 9.90 Å². The van der Waals surface area contributed by atoms with Crippen molar-refractivity contribution >= 4 is 5.78 Å². The Balaban J connectivity index is 1.51. The second-order valence-corrected chi connectivity index (χ2v) is 7.74. The molecule has 1 aliphatic rings. The van der Waals surface area contributed by atoms with Crippen molar-refractivity contribution in [1.29, 1.82) is 0 Å². The van der Waals surface area contributed by atoms with Gasteiger partial charge < -0.3 is 14.6 Å². The maximum atomic E-state index is 12.9. The average Bonchev–Trinajstić information content (AvgIpc) is 2.83. The first-order valence-electron chi connectivity index (χ1n) is 13.4. The summed E-state index contributed by atoms with van der Waals surface area (Å²) in [6.07, 6.45) is -0.950. The minimum absolute atomic E-state index is 0.0734. The number of β-amino-alcohol motifs (C(OH)–C–C–N with tert-alkyl or cyclic N) is 1. The highest BCUT2D eigenvalue weighted by Crippen LogP contribution is 2.25. The first kappa shape index (κ1) is 16.3. The van der Waals surface area contributed by atoms with E-state index in [1.54, 1.807) is 19.2 Å². The summed E-state index contributed by atoms with van der Waals surface area (Å²) in [7, 11) is 1.56. The number of aliphatic hydroxyl groups is 1. The van der Waals surface area contributed by atoms with E-state index < -0.39 is 19.8 Å². The quantitative estimate of drug-likeness (QED) is 0.622. The zero-order chi connectivity index (χ0) is 27.2. The van der Waals surface area contributed by atoms with E-state index in [2.05, 4.69) is 4.90 Å². The van der Waals surface area contributed by atoms with Gasteiger partial charge in [0.2, 0.25) is 0 Å². The molecule has 0 saturated carbocycles. The Kier molecular flexibility index (Phi) is 5.91. The number of hydrogen-bond donors (Lipinski definition) is 1. The molecule has 1 heterocycles. The van der Waals surface area contributed by atoms with Crippen LogP contribution < -0.4 is 9.47 Å². The summed E-state index contributed by atoms with van der Waals surface area (Å²) in [5.41, 5.74) is -0.114. The number of para-hydroxylation sites is 2. The predicted octanol–water partition coefficient (Wildman–Crippen LogP) is 2.48. The van der Waals surface area contributed by atoms with E-state index >= 15 is 0 Å². The van der Waals surface area contributed by atoms with Crippen LogP contribution in [0.4, 0.5) is 0 Å². The SMILES string of the molecule is [2H]C([2H])([2H])c1cccc(C([2H])([2H])[2H])c1CC(=O)CN1CCN(CC(O)COc2ccccc2OC)CC1. The number of carbonyl (C=O) groups excluding carboxylic acids is 1. The highest BCUT2D eigenvalue weighted by molar-refractivity contribution is 5.83. The van der Waals surface area contributed by atoms with Crippen LogP contribution in [0.15, 0.2) is 42.5 Å². The Morgan fingerprint density at radius 1 is 1.03 bits per heavy atom. The summed E-state index contributed by atoms with van der Waals surface area (Å²) >= 11 is 0. The van der Waals surface area contributed by atoms with Crippen molar-refractivity contribution in [2.75, 3.05) is 53.0 Å². The zero-order valence-electron chi connectivity index (χ0n) is 23.8. The highest BCUT2D eigenvalue weighted by Gasteiger charge is 2.21. The number of hydrogen-bond acceptors (Lipinski definition) is 6. The lowest BCUT2D eigenvalue weighted by atomic mass is 9.98. The molecule has 1 aliphatic heterocycles. The van der Waals surface area contributed by atoms with Crippen molar-refractivity contribution < 1.29 is 27.6 Å². The fraction of sp³-hybridized carbons (Fsp3) is 0.480. The minimum atomic E-state index is -2.52. The number of aliphatic hydroxyl groups excluding tert-OH is 1. The molecular weight excluding hydrogens is 392 g/mol. The standard InChI is InChI=1S/C25H34N2O4/c1-19-7-6-8-20(2)23(19)15-21(28)16-26-11-13-27(14-12-26)17-22(29)18-31-25-10-5-4-9-24(25)30-3/h4-10,22,29H,11-18H2,1-3H3/i1D3,2D3. The lowest BCUT2D eigenvalue weighted by Gasteiger charge is -2.35. The molecule has 1 unspecified atom stereocenters. The molecule has 0 aromatic heterocycles. The second kappa shape index (κ2) is 11.3. The van der Waals surface area contributed by atoms with E-state index in [1.807, 2.05) is 17.0 Å². The Hall–Kier alpha value is -2.41. The van der Waals surface area contributed by atoms with Crippen LogP contribution in [0, 0.1) is 13.7 Å². The van der Waals surface area contributed by atoms with E-state index in [0.717, 1.165) is 0 Å². The molecule has 0 spiro atoms. The van der Waals surface area contributed by atoms with Gasteiger partial charge in [0.1, 0.15) is 12.7 Å². The molecule has 31 heavy (non-hydrogen) atoms. The molecule has 168 valence electrons. The lowest BCUT2D eigenvalue weighted by molar-refractivity contribution is -0.120. The molecule has 2 aromatic rings. The summed E-state index contributed by atoms with van der Waals surface area (Å²) in [6.45, 7) is -1.91. The van der Waals surface area contributed by atoms with Gasteiger partial charge in [-0.2, -0.15) is 0 Å². The number of ketones is 1. The lowest BCUT2D eigenvalue weighted by Crippen LogP contribution is -2.50. The van der Waals surface area contributed by atoms with Crippen molar-refractivity contribution in [1.82, 2.24) is 9.80 Å². The third-order valence-electron chi connectivity index (χ3n) is 5.38. The topological polar surface area (TPSA) is 62.2 Å². The number of methoxy groups -OCH3 is 1. The molecule has 3 rings (SSSR count). The number of Topliss-reactive ketones (excluding diaryl/α,β-unsaturated/α-hetero) is 1. The number of benzene rings is 2. The number of ether oxygens (including phenoxy) is 2. The average molecular weight is 433 g/mol. The molecule has 6 nitrogen and oxygen atoms in total. The number of aryl methyl sites for hydroxylation is 2. The molecule has 0 aliphatic carbocycles. The zero-order valence-corrected chi connectivity index (χ0v) is 17.8. The van der Waals surface area contributed by atoms with Crippen LogP contribution >= 0.6 is 0 Å². The summed E-state index contributed by atoms with van der Waals surface area (Å²) in [4.78, 5) is 16.9. The maximum absolute atomic E-state index is 12.9. The molecule has 1 saturated heterocycles. The molecule has 2 aromatic carbocycles. The molecule has 1 fully saturated rings. The molecule has 0 amide bonds. The van der Waals surface area contributed by atoms with Crippen molar-refractivity contribution in [3.8, 4) is 11.5 Å². The van der Waals surface area contributed by atoms with Crippen LogP contribution in [0.1, 0.15) is 24.9 Å². The van der Waals surface area contributed by atoms with Crippen LogP contribution in [-0.4, -0.2) is 79.8 Å². The van der Waals surface area contributed by atoms with Crippen molar-refractivity contribution in [3.63, 3.8) is 0 Å². The van der Waals surface area contributed by atoms with Gasteiger partial charge in [0, 0.05) is 47.4 Å². The first-order valence-corrected chi connectivity index (χ1v) is 10.4. The van der Waals surface area contributed by atoms with E-state index in [1.165, 1.54) is 18.2 Å². The molecule has 1 N–H and O–H groups in total. The normalized spacial score (nSPS) is 19.8. The van der Waals surface area contributed by atoms with Gasteiger partial charge in [-0.05, 0) is 42.5 Å². The predicted molar refractivity (Wildman–Crippen MR) is 122 cm³/mol. The molecule has 0 radical (unpaired) electrons. The molecule has 0 bridgehead atoms. The van der Waals surface area contributed by atoms with Crippen molar-refractivity contribution in [2.45, 2.75) is 26.2 Å². The van der Waals surface area contributed by atoms with Gasteiger partial charge >= 0.3 is 0 Å². The van der Waals surface area contributed by atoms with Gasteiger partial charge in [0.05, 0.1) is 13.7 Å². The summed E-state index contributed by atoms with van der Waals surface area (Å²) in [5.74, 6) is 0.926. The molecular formula is C25H34N2O4. The van der Waals surface area contributed by atoms with Crippen LogP contribution in [0.25, 0.3) is 0 Å². The third kappa shape index (κ3) is 6.79. The van der Waals surface area contributed by atoms with Gasteiger partial charge in [0.25, 0.3) is 0 Å². The van der Waals surface area contributed by atoms with Gasteiger partial charge in [-0.3, -0.25) is 14.6 Å². The van der Waals surface area contributed by atoms with Crippen molar-refractivity contribution in [3.05, 3.63) is 59.2 Å². The Morgan fingerprint density at radius 3 is 2.32 bits per heavy atom. The maximum Gasteiger partial charge on any atom is 0.161 e. The fourth-order valence-electron chi connectivity index (χ4n) is 3.68. The van der Waals surface area contributed by atoms with Gasteiger partial charge in [-0.1, -0.05) is 30.3 Å². The van der Waals surface area contributed by atoms with Crippen LogP contribution in [0.2, 0.25) is 0 Å². The Bertz CT molecular complexity index is 1020. The Labute approximate surface area is 193 Å². The van der Waals surface area contributed by atoms with E-state index in [4.69, 9.17) is 17.7 Å². The minimum Gasteiger partial charge on any atom is -0.493 e. The van der Waals surface area contributed by atoms with E-state index in [0.29, 0.717) is 44.2 Å². The smallest absolute Gasteiger partial charge is 0.161 e. The van der Waals surface area contributed by atoms with Gasteiger partial charge in [0.15, 0.2) is 17.3 Å². The fourth-order valence-corrected chi connectivity index (χ4v) is 3.68. The number of carbonyl (C=O) groups is 1. The summed E-state index contributed by atoms with van der Waals surface area (Å²) in [6, 6.07) is 11.4. The van der Waals surface area contributed by atoms with Crippen molar-refractivity contribution in [2.24, 2.45) is 0 Å². The first-order chi connectivity index (χ1) is 17.4. The summed E-state index contributed by atoms with van der Waals surface area (Å²) < 4.78 is 57.6.